The van der Waals surface area contributed by atoms with Gasteiger partial charge in [0.05, 0.1) is 23.8 Å². The maximum atomic E-state index is 12.8. The Morgan fingerprint density at radius 2 is 1.88 bits per heavy atom. The zero-order valence-corrected chi connectivity index (χ0v) is 15.0. The van der Waals surface area contributed by atoms with Crippen LogP contribution in [-0.4, -0.2) is 36.3 Å². The number of rotatable bonds is 5. The number of anilines is 1. The summed E-state index contributed by atoms with van der Waals surface area (Å²) in [6.07, 6.45) is 4.72. The molecule has 2 unspecified atom stereocenters. The van der Waals surface area contributed by atoms with Crippen molar-refractivity contribution < 1.29 is 24.2 Å². The van der Waals surface area contributed by atoms with Gasteiger partial charge in [0.15, 0.2) is 6.61 Å². The van der Waals surface area contributed by atoms with Gasteiger partial charge < -0.3 is 19.9 Å². The van der Waals surface area contributed by atoms with E-state index < -0.39 is 16.9 Å². The Bertz CT molecular complexity index is 717. The van der Waals surface area contributed by atoms with Gasteiger partial charge in [0.2, 0.25) is 0 Å². The van der Waals surface area contributed by atoms with Crippen LogP contribution < -0.4 is 10.1 Å². The molecule has 4 bridgehead atoms. The summed E-state index contributed by atoms with van der Waals surface area (Å²) in [5.74, 6) is 0.620. The van der Waals surface area contributed by atoms with Gasteiger partial charge in [-0.05, 0) is 62.5 Å². The molecule has 4 saturated carbocycles. The molecule has 26 heavy (non-hydrogen) atoms. The van der Waals surface area contributed by atoms with Crippen LogP contribution in [0.2, 0.25) is 0 Å². The molecule has 1 aromatic rings. The zero-order chi connectivity index (χ0) is 18.4. The summed E-state index contributed by atoms with van der Waals surface area (Å²) < 4.78 is 10.6. The van der Waals surface area contributed by atoms with Crippen LogP contribution in [0.15, 0.2) is 24.3 Å². The number of ether oxygens (including phenoxy) is 2. The molecule has 0 aliphatic heterocycles. The summed E-state index contributed by atoms with van der Waals surface area (Å²) in [5, 5.41) is 13.5. The minimum absolute atomic E-state index is 0.327. The summed E-state index contributed by atoms with van der Waals surface area (Å²) in [6, 6.07) is 7.08. The normalized spacial score (nSPS) is 34.4. The number of nitrogens with one attached hydrogen (secondary N) is 1. The quantitative estimate of drug-likeness (QED) is 0.789. The second-order valence-corrected chi connectivity index (χ2v) is 8.29. The lowest BCUT2D eigenvalue weighted by molar-refractivity contribution is -0.196. The van der Waals surface area contributed by atoms with Gasteiger partial charge in [-0.2, -0.15) is 0 Å². The van der Waals surface area contributed by atoms with Crippen LogP contribution in [0.25, 0.3) is 0 Å². The van der Waals surface area contributed by atoms with Crippen molar-refractivity contribution in [3.05, 3.63) is 24.3 Å². The number of benzene rings is 1. The second-order valence-electron chi connectivity index (χ2n) is 8.29. The largest absolute Gasteiger partial charge is 0.495 e. The van der Waals surface area contributed by atoms with Gasteiger partial charge in [-0.1, -0.05) is 12.1 Å². The average Bonchev–Trinajstić information content (AvgIpc) is 2.58. The fourth-order valence-corrected chi connectivity index (χ4v) is 5.67. The van der Waals surface area contributed by atoms with Crippen LogP contribution in [-0.2, 0) is 14.3 Å². The van der Waals surface area contributed by atoms with Crippen molar-refractivity contribution >= 4 is 17.6 Å². The number of amides is 1. The first-order chi connectivity index (χ1) is 12.4. The first kappa shape index (κ1) is 17.3. The summed E-state index contributed by atoms with van der Waals surface area (Å²) in [7, 11) is 1.53. The second kappa shape index (κ2) is 6.27. The Hall–Kier alpha value is -2.08. The smallest absolute Gasteiger partial charge is 0.312 e. The van der Waals surface area contributed by atoms with Crippen molar-refractivity contribution in [2.24, 2.45) is 17.3 Å². The van der Waals surface area contributed by atoms with E-state index in [1.165, 1.54) is 7.11 Å². The van der Waals surface area contributed by atoms with Gasteiger partial charge in [-0.25, -0.2) is 0 Å². The van der Waals surface area contributed by atoms with Crippen LogP contribution in [0, 0.1) is 17.3 Å². The number of aliphatic hydroxyl groups is 1. The topological polar surface area (TPSA) is 84.9 Å². The summed E-state index contributed by atoms with van der Waals surface area (Å²) in [4.78, 5) is 25.0. The van der Waals surface area contributed by atoms with E-state index in [1.807, 2.05) is 6.07 Å². The monoisotopic (exact) mass is 359 g/mol. The highest BCUT2D eigenvalue weighted by molar-refractivity contribution is 5.94. The Morgan fingerprint density at radius 1 is 1.19 bits per heavy atom. The molecular weight excluding hydrogens is 334 g/mol. The SMILES string of the molecule is COc1ccccc1NC(=O)COC(=O)C12C[C@@H]3C[C@@H](CC(O)(C3)C1)C2. The highest BCUT2D eigenvalue weighted by atomic mass is 16.5. The first-order valence-electron chi connectivity index (χ1n) is 9.24. The number of hydrogen-bond acceptors (Lipinski definition) is 5. The molecule has 4 atom stereocenters. The lowest BCUT2D eigenvalue weighted by Gasteiger charge is -2.58. The summed E-state index contributed by atoms with van der Waals surface area (Å²) in [6.45, 7) is -0.327. The fourth-order valence-electron chi connectivity index (χ4n) is 5.67. The third-order valence-corrected chi connectivity index (χ3v) is 6.18. The lowest BCUT2D eigenvalue weighted by atomic mass is 9.48. The molecule has 4 aliphatic rings. The van der Waals surface area contributed by atoms with Crippen LogP contribution in [0.3, 0.4) is 0 Å². The molecular formula is C20H25NO5. The van der Waals surface area contributed by atoms with Crippen LogP contribution in [0.4, 0.5) is 5.69 Å². The molecule has 4 fully saturated rings. The molecule has 0 spiro atoms. The zero-order valence-electron chi connectivity index (χ0n) is 15.0. The minimum Gasteiger partial charge on any atom is -0.495 e. The summed E-state index contributed by atoms with van der Waals surface area (Å²) >= 11 is 0. The third-order valence-electron chi connectivity index (χ3n) is 6.18. The van der Waals surface area contributed by atoms with Crippen molar-refractivity contribution in [2.75, 3.05) is 19.0 Å². The Kier molecular flexibility index (Phi) is 4.18. The molecule has 6 heteroatoms. The molecule has 0 heterocycles. The van der Waals surface area contributed by atoms with Crippen molar-refractivity contribution in [3.8, 4) is 5.75 Å². The third kappa shape index (κ3) is 3.07. The standard InChI is InChI=1S/C20H25NO5/c1-25-16-5-3-2-4-15(16)21-17(22)11-26-18(23)19-7-13-6-14(8-19)10-20(24,9-13)12-19/h2-5,13-14,24H,6-12H2,1H3,(H,21,22)/t13-,14+,19?,20?. The molecule has 140 valence electrons. The molecule has 0 saturated heterocycles. The van der Waals surface area contributed by atoms with Crippen molar-refractivity contribution in [1.82, 2.24) is 0 Å². The number of carbonyl (C=O) groups excluding carboxylic acids is 2. The number of hydrogen-bond donors (Lipinski definition) is 2. The van der Waals surface area contributed by atoms with Crippen molar-refractivity contribution in [3.63, 3.8) is 0 Å². The van der Waals surface area contributed by atoms with Gasteiger partial charge in [0, 0.05) is 0 Å². The number of para-hydroxylation sites is 2. The number of methoxy groups -OCH3 is 1. The molecule has 2 N–H and O–H groups in total. The van der Waals surface area contributed by atoms with Gasteiger partial charge in [0.25, 0.3) is 5.91 Å². The molecule has 1 amide bonds. The van der Waals surface area contributed by atoms with Gasteiger partial charge in [0.1, 0.15) is 5.75 Å². The van der Waals surface area contributed by atoms with E-state index in [0.29, 0.717) is 29.7 Å². The van der Waals surface area contributed by atoms with E-state index in [2.05, 4.69) is 5.32 Å². The van der Waals surface area contributed by atoms with Gasteiger partial charge >= 0.3 is 5.97 Å². The molecule has 1 aromatic carbocycles. The van der Waals surface area contributed by atoms with E-state index >= 15 is 0 Å². The number of carbonyl (C=O) groups is 2. The van der Waals surface area contributed by atoms with Crippen LogP contribution in [0.5, 0.6) is 5.75 Å². The maximum Gasteiger partial charge on any atom is 0.312 e. The first-order valence-corrected chi connectivity index (χ1v) is 9.24. The highest BCUT2D eigenvalue weighted by Crippen LogP contribution is 2.61. The molecule has 5 rings (SSSR count). The van der Waals surface area contributed by atoms with Crippen molar-refractivity contribution in [1.29, 1.82) is 0 Å². The minimum atomic E-state index is -0.719. The summed E-state index contributed by atoms with van der Waals surface area (Å²) in [5.41, 5.74) is -0.785. The van der Waals surface area contributed by atoms with Crippen LogP contribution in [0.1, 0.15) is 38.5 Å². The van der Waals surface area contributed by atoms with Crippen molar-refractivity contribution in [2.45, 2.75) is 44.1 Å². The van der Waals surface area contributed by atoms with E-state index in [-0.39, 0.29) is 12.6 Å². The molecule has 6 nitrogen and oxygen atoms in total. The predicted molar refractivity (Wildman–Crippen MR) is 94.6 cm³/mol. The van der Waals surface area contributed by atoms with E-state index in [1.54, 1.807) is 18.2 Å². The van der Waals surface area contributed by atoms with E-state index in [4.69, 9.17) is 9.47 Å². The highest BCUT2D eigenvalue weighted by Gasteiger charge is 2.60. The van der Waals surface area contributed by atoms with Gasteiger partial charge in [-0.15, -0.1) is 0 Å². The number of esters is 1. The van der Waals surface area contributed by atoms with E-state index in [9.17, 15) is 14.7 Å². The predicted octanol–water partition coefficient (Wildman–Crippen LogP) is 2.51. The molecule has 4 aliphatic carbocycles. The Labute approximate surface area is 152 Å². The Morgan fingerprint density at radius 3 is 2.54 bits per heavy atom. The van der Waals surface area contributed by atoms with E-state index in [0.717, 1.165) is 32.1 Å². The van der Waals surface area contributed by atoms with Gasteiger partial charge in [-0.3, -0.25) is 9.59 Å². The maximum absolute atomic E-state index is 12.8. The average molecular weight is 359 g/mol. The van der Waals surface area contributed by atoms with Crippen LogP contribution >= 0.6 is 0 Å². The molecule has 0 aromatic heterocycles. The lowest BCUT2D eigenvalue weighted by Crippen LogP contribution is -2.58. The Balaban J connectivity index is 1.37. The molecule has 0 radical (unpaired) electrons. The fraction of sp³-hybridized carbons (Fsp3) is 0.600.